The smallest absolute Gasteiger partial charge is 0.265 e. The maximum atomic E-state index is 12.9. The molecule has 25 heavy (non-hydrogen) atoms. The van der Waals surface area contributed by atoms with Gasteiger partial charge in [0.2, 0.25) is 0 Å². The van der Waals surface area contributed by atoms with Crippen molar-refractivity contribution in [2.24, 2.45) is 0 Å². The molecule has 1 N–H and O–H groups in total. The molecule has 2 rings (SSSR count). The zero-order valence-electron chi connectivity index (χ0n) is 15.9. The Labute approximate surface area is 151 Å². The summed E-state index contributed by atoms with van der Waals surface area (Å²) in [5, 5.41) is 3.15. The Balaban J connectivity index is 2.26. The number of nitrogens with one attached hydrogen (secondary N) is 1. The van der Waals surface area contributed by atoms with Crippen LogP contribution < -0.4 is 10.1 Å². The molecule has 0 saturated carbocycles. The van der Waals surface area contributed by atoms with Gasteiger partial charge >= 0.3 is 0 Å². The maximum absolute atomic E-state index is 12.9. The predicted octanol–water partition coefficient (Wildman–Crippen LogP) is 5.73. The number of carbonyl (C=O) groups excluding carboxylic acids is 1. The van der Waals surface area contributed by atoms with Crippen LogP contribution in [-0.4, -0.2) is 12.0 Å². The van der Waals surface area contributed by atoms with Crippen molar-refractivity contribution in [3.05, 3.63) is 59.7 Å². The Kier molecular flexibility index (Phi) is 6.63. The quantitative estimate of drug-likeness (QED) is 0.699. The molecule has 3 nitrogen and oxygen atoms in total. The van der Waals surface area contributed by atoms with Crippen molar-refractivity contribution in [2.45, 2.75) is 59.0 Å². The summed E-state index contributed by atoms with van der Waals surface area (Å²) in [6.45, 7) is 10.5. The second kappa shape index (κ2) is 8.70. The molecule has 0 saturated heterocycles. The summed E-state index contributed by atoms with van der Waals surface area (Å²) in [5.41, 5.74) is 3.26. The van der Waals surface area contributed by atoms with E-state index in [0.29, 0.717) is 24.0 Å². The fraction of sp³-hybridized carbons (Fsp3) is 0.409. The largest absolute Gasteiger partial charge is 0.481 e. The highest BCUT2D eigenvalue weighted by atomic mass is 16.5. The minimum atomic E-state index is -0.511. The van der Waals surface area contributed by atoms with Gasteiger partial charge in [0.25, 0.3) is 5.91 Å². The molecule has 2 aromatic rings. The summed E-state index contributed by atoms with van der Waals surface area (Å²) in [6, 6.07) is 15.7. The molecule has 0 aliphatic carbocycles. The number of carbonyl (C=O) groups is 1. The molecule has 2 aromatic carbocycles. The van der Waals surface area contributed by atoms with Gasteiger partial charge in [-0.3, -0.25) is 4.79 Å². The van der Waals surface area contributed by atoms with Crippen LogP contribution in [0, 0.1) is 0 Å². The van der Waals surface area contributed by atoms with Crippen LogP contribution >= 0.6 is 0 Å². The van der Waals surface area contributed by atoms with Gasteiger partial charge < -0.3 is 10.1 Å². The van der Waals surface area contributed by atoms with Gasteiger partial charge in [-0.15, -0.1) is 0 Å². The van der Waals surface area contributed by atoms with E-state index in [4.69, 9.17) is 4.74 Å². The predicted molar refractivity (Wildman–Crippen MR) is 104 cm³/mol. The van der Waals surface area contributed by atoms with Crippen LogP contribution in [0.15, 0.2) is 48.5 Å². The lowest BCUT2D eigenvalue weighted by Gasteiger charge is -2.23. The first-order chi connectivity index (χ1) is 11.9. The highest BCUT2D eigenvalue weighted by Gasteiger charge is 2.22. The van der Waals surface area contributed by atoms with Crippen LogP contribution in [0.1, 0.15) is 64.0 Å². The minimum absolute atomic E-state index is 0.0960. The second-order valence-corrected chi connectivity index (χ2v) is 6.94. The van der Waals surface area contributed by atoms with Crippen molar-refractivity contribution in [1.82, 2.24) is 0 Å². The number of hydrogen-bond donors (Lipinski definition) is 1. The van der Waals surface area contributed by atoms with Crippen LogP contribution in [0.2, 0.25) is 0 Å². The number of benzene rings is 2. The van der Waals surface area contributed by atoms with E-state index < -0.39 is 6.10 Å². The normalized spacial score (nSPS) is 12.3. The number of ether oxygens (including phenoxy) is 1. The van der Waals surface area contributed by atoms with Gasteiger partial charge in [-0.2, -0.15) is 0 Å². The fourth-order valence-electron chi connectivity index (χ4n) is 2.88. The average molecular weight is 339 g/mol. The number of para-hydroxylation sites is 2. The zero-order valence-corrected chi connectivity index (χ0v) is 15.9. The molecule has 0 radical (unpaired) electrons. The number of rotatable bonds is 7. The zero-order chi connectivity index (χ0) is 18.4. The van der Waals surface area contributed by atoms with Crippen LogP contribution in [0.5, 0.6) is 5.75 Å². The lowest BCUT2D eigenvalue weighted by molar-refractivity contribution is -0.122. The highest BCUT2D eigenvalue weighted by Crippen LogP contribution is 2.32. The molecule has 0 heterocycles. The highest BCUT2D eigenvalue weighted by molar-refractivity contribution is 5.96. The topological polar surface area (TPSA) is 38.3 Å². The molecular weight excluding hydrogens is 310 g/mol. The summed E-state index contributed by atoms with van der Waals surface area (Å²) in [4.78, 5) is 12.9. The van der Waals surface area contributed by atoms with Gasteiger partial charge in [-0.25, -0.2) is 0 Å². The van der Waals surface area contributed by atoms with Crippen LogP contribution in [0.25, 0.3) is 0 Å². The number of anilines is 1. The Morgan fingerprint density at radius 3 is 1.96 bits per heavy atom. The van der Waals surface area contributed by atoms with Gasteiger partial charge in [0.05, 0.1) is 0 Å². The molecule has 134 valence electrons. The van der Waals surface area contributed by atoms with E-state index in [2.05, 4.69) is 51.2 Å². The third-order valence-corrected chi connectivity index (χ3v) is 4.31. The first kappa shape index (κ1) is 19.0. The van der Waals surface area contributed by atoms with Gasteiger partial charge in [0.15, 0.2) is 6.10 Å². The van der Waals surface area contributed by atoms with Gasteiger partial charge in [-0.1, -0.05) is 71.0 Å². The first-order valence-electron chi connectivity index (χ1n) is 9.09. The SMILES string of the molecule is CCC(Oc1ccccc1)C(=O)Nc1c(C(C)C)cccc1C(C)C. The Morgan fingerprint density at radius 2 is 1.48 bits per heavy atom. The number of hydrogen-bond acceptors (Lipinski definition) is 2. The molecule has 1 atom stereocenters. The molecule has 0 aliphatic rings. The summed E-state index contributed by atoms with van der Waals surface area (Å²) >= 11 is 0. The van der Waals surface area contributed by atoms with Crippen molar-refractivity contribution in [3.8, 4) is 5.75 Å². The van der Waals surface area contributed by atoms with E-state index in [9.17, 15) is 4.79 Å². The standard InChI is InChI=1S/C22H29NO2/c1-6-20(25-17-11-8-7-9-12-17)22(24)23-21-18(15(2)3)13-10-14-19(21)16(4)5/h7-16,20H,6H2,1-5H3,(H,23,24). The molecule has 0 aromatic heterocycles. The molecule has 1 amide bonds. The van der Waals surface area contributed by atoms with Crippen LogP contribution in [0.4, 0.5) is 5.69 Å². The van der Waals surface area contributed by atoms with Crippen molar-refractivity contribution < 1.29 is 9.53 Å². The van der Waals surface area contributed by atoms with Crippen LogP contribution in [-0.2, 0) is 4.79 Å². The molecule has 0 fully saturated rings. The molecule has 0 spiro atoms. The molecular formula is C22H29NO2. The first-order valence-corrected chi connectivity index (χ1v) is 9.09. The Hall–Kier alpha value is -2.29. The maximum Gasteiger partial charge on any atom is 0.265 e. The minimum Gasteiger partial charge on any atom is -0.481 e. The summed E-state index contributed by atoms with van der Waals surface area (Å²) in [5.74, 6) is 1.29. The average Bonchev–Trinajstić information content (AvgIpc) is 2.60. The lowest BCUT2D eigenvalue weighted by Crippen LogP contribution is -2.33. The number of amides is 1. The Morgan fingerprint density at radius 1 is 0.920 bits per heavy atom. The van der Waals surface area contributed by atoms with Crippen molar-refractivity contribution in [1.29, 1.82) is 0 Å². The fourth-order valence-corrected chi connectivity index (χ4v) is 2.88. The van der Waals surface area contributed by atoms with E-state index in [1.807, 2.05) is 37.3 Å². The lowest BCUT2D eigenvalue weighted by atomic mass is 9.92. The van der Waals surface area contributed by atoms with Crippen LogP contribution in [0.3, 0.4) is 0 Å². The third kappa shape index (κ3) is 4.85. The van der Waals surface area contributed by atoms with E-state index in [1.165, 1.54) is 0 Å². The molecule has 1 unspecified atom stereocenters. The monoisotopic (exact) mass is 339 g/mol. The van der Waals surface area contributed by atoms with Gasteiger partial charge in [-0.05, 0) is 41.5 Å². The van der Waals surface area contributed by atoms with E-state index in [-0.39, 0.29) is 5.91 Å². The van der Waals surface area contributed by atoms with E-state index >= 15 is 0 Å². The van der Waals surface area contributed by atoms with E-state index in [1.54, 1.807) is 0 Å². The van der Waals surface area contributed by atoms with Crippen molar-refractivity contribution >= 4 is 11.6 Å². The Bertz CT molecular complexity index is 666. The molecule has 3 heteroatoms. The summed E-state index contributed by atoms with van der Waals surface area (Å²) in [7, 11) is 0. The summed E-state index contributed by atoms with van der Waals surface area (Å²) < 4.78 is 5.89. The molecule has 0 bridgehead atoms. The van der Waals surface area contributed by atoms with Crippen molar-refractivity contribution in [2.75, 3.05) is 5.32 Å². The third-order valence-electron chi connectivity index (χ3n) is 4.31. The van der Waals surface area contributed by atoms with Gasteiger partial charge in [0, 0.05) is 5.69 Å². The van der Waals surface area contributed by atoms with E-state index in [0.717, 1.165) is 16.8 Å². The van der Waals surface area contributed by atoms with Gasteiger partial charge in [0.1, 0.15) is 5.75 Å². The van der Waals surface area contributed by atoms with Crippen molar-refractivity contribution in [3.63, 3.8) is 0 Å². The summed E-state index contributed by atoms with van der Waals surface area (Å²) in [6.07, 6.45) is 0.101. The second-order valence-electron chi connectivity index (χ2n) is 6.94. The molecule has 0 aliphatic heterocycles.